The molecule has 0 aliphatic carbocycles. The van der Waals surface area contributed by atoms with Crippen molar-refractivity contribution in [3.8, 4) is 0 Å². The molecule has 6 heteroatoms. The van der Waals surface area contributed by atoms with Crippen molar-refractivity contribution in [3.05, 3.63) is 53.9 Å². The van der Waals surface area contributed by atoms with Gasteiger partial charge < -0.3 is 15.0 Å². The minimum Gasteiger partial charge on any atom is -0.391 e. The maximum Gasteiger partial charge on any atom is 0.272 e. The molecule has 1 aromatic carbocycles. The Labute approximate surface area is 127 Å². The lowest BCUT2D eigenvalue weighted by molar-refractivity contribution is 0.0195. The van der Waals surface area contributed by atoms with Crippen molar-refractivity contribution in [3.63, 3.8) is 0 Å². The quantitative estimate of drug-likeness (QED) is 0.905. The van der Waals surface area contributed by atoms with Crippen LogP contribution in [-0.2, 0) is 6.42 Å². The van der Waals surface area contributed by atoms with E-state index in [0.29, 0.717) is 25.1 Å². The Bertz CT molecular complexity index is 645. The Morgan fingerprint density at radius 2 is 2.36 bits per heavy atom. The number of hydrogen-bond donors (Lipinski definition) is 2. The highest BCUT2D eigenvalue weighted by Gasteiger charge is 2.31. The number of halogens is 1. The number of carbonyl (C=O) groups is 1. The number of benzene rings is 1. The van der Waals surface area contributed by atoms with Crippen LogP contribution in [0.15, 0.2) is 36.8 Å². The summed E-state index contributed by atoms with van der Waals surface area (Å²) in [7, 11) is 0. The number of aromatic amines is 1. The van der Waals surface area contributed by atoms with Crippen molar-refractivity contribution in [2.45, 2.75) is 18.9 Å². The van der Waals surface area contributed by atoms with E-state index < -0.39 is 6.10 Å². The fourth-order valence-corrected chi connectivity index (χ4v) is 2.91. The second-order valence-electron chi connectivity index (χ2n) is 5.67. The minimum absolute atomic E-state index is 0.0348. The van der Waals surface area contributed by atoms with Gasteiger partial charge in [-0.3, -0.25) is 4.79 Å². The molecule has 0 saturated carbocycles. The maximum absolute atomic E-state index is 13.2. The molecule has 1 aliphatic heterocycles. The summed E-state index contributed by atoms with van der Waals surface area (Å²) in [5.74, 6) is -0.382. The van der Waals surface area contributed by atoms with Crippen molar-refractivity contribution < 1.29 is 14.3 Å². The SMILES string of the molecule is O=C(c1cnc[nH]1)N1CC[C@H](Cc2cccc(F)c2)[C@H](O)C1. The van der Waals surface area contributed by atoms with E-state index in [2.05, 4.69) is 9.97 Å². The molecule has 1 amide bonds. The van der Waals surface area contributed by atoms with Crippen molar-refractivity contribution >= 4 is 5.91 Å². The highest BCUT2D eigenvalue weighted by molar-refractivity contribution is 5.92. The van der Waals surface area contributed by atoms with E-state index in [9.17, 15) is 14.3 Å². The van der Waals surface area contributed by atoms with Gasteiger partial charge in [0, 0.05) is 13.1 Å². The van der Waals surface area contributed by atoms with E-state index in [0.717, 1.165) is 5.56 Å². The fourth-order valence-electron chi connectivity index (χ4n) is 2.91. The topological polar surface area (TPSA) is 69.2 Å². The summed E-state index contributed by atoms with van der Waals surface area (Å²) in [4.78, 5) is 20.5. The number of carbonyl (C=O) groups excluding carboxylic acids is 1. The predicted molar refractivity (Wildman–Crippen MR) is 78.7 cm³/mol. The zero-order valence-corrected chi connectivity index (χ0v) is 12.1. The van der Waals surface area contributed by atoms with Crippen LogP contribution in [0.3, 0.4) is 0 Å². The number of aliphatic hydroxyl groups excluding tert-OH is 1. The summed E-state index contributed by atoms with van der Waals surface area (Å²) < 4.78 is 13.2. The van der Waals surface area contributed by atoms with E-state index in [4.69, 9.17) is 0 Å². The molecule has 1 fully saturated rings. The maximum atomic E-state index is 13.2. The van der Waals surface area contributed by atoms with Crippen LogP contribution in [0.5, 0.6) is 0 Å². The van der Waals surface area contributed by atoms with Gasteiger partial charge >= 0.3 is 0 Å². The van der Waals surface area contributed by atoms with Crippen molar-refractivity contribution in [1.29, 1.82) is 0 Å². The highest BCUT2D eigenvalue weighted by Crippen LogP contribution is 2.23. The molecule has 0 radical (unpaired) electrons. The molecule has 5 nitrogen and oxygen atoms in total. The first-order chi connectivity index (χ1) is 10.6. The number of aliphatic hydroxyl groups is 1. The van der Waals surface area contributed by atoms with Crippen molar-refractivity contribution in [2.75, 3.05) is 13.1 Å². The Balaban J connectivity index is 1.61. The number of imidazole rings is 1. The summed E-state index contributed by atoms with van der Waals surface area (Å²) in [6, 6.07) is 6.44. The minimum atomic E-state index is -0.608. The summed E-state index contributed by atoms with van der Waals surface area (Å²) in [6.45, 7) is 0.868. The van der Waals surface area contributed by atoms with Crippen LogP contribution in [0.2, 0.25) is 0 Å². The average molecular weight is 303 g/mol. The second-order valence-corrected chi connectivity index (χ2v) is 5.67. The van der Waals surface area contributed by atoms with Crippen molar-refractivity contribution in [1.82, 2.24) is 14.9 Å². The lowest BCUT2D eigenvalue weighted by Gasteiger charge is -2.35. The summed E-state index contributed by atoms with van der Waals surface area (Å²) >= 11 is 0. The van der Waals surface area contributed by atoms with E-state index in [1.165, 1.54) is 24.7 Å². The third-order valence-electron chi connectivity index (χ3n) is 4.12. The van der Waals surface area contributed by atoms with Crippen LogP contribution in [0.25, 0.3) is 0 Å². The van der Waals surface area contributed by atoms with Crippen LogP contribution in [0.4, 0.5) is 4.39 Å². The summed E-state index contributed by atoms with van der Waals surface area (Å²) in [5.41, 5.74) is 1.30. The highest BCUT2D eigenvalue weighted by atomic mass is 19.1. The predicted octanol–water partition coefficient (Wildman–Crippen LogP) is 1.61. The number of β-amino-alcohol motifs (C(OH)–C–C–N with tert-alkyl or cyclic N) is 1. The number of hydrogen-bond acceptors (Lipinski definition) is 3. The number of nitrogens with one attached hydrogen (secondary N) is 1. The van der Waals surface area contributed by atoms with Crippen LogP contribution in [0.1, 0.15) is 22.5 Å². The number of piperidine rings is 1. The molecule has 0 unspecified atom stereocenters. The van der Waals surface area contributed by atoms with Gasteiger partial charge in [-0.05, 0) is 36.5 Å². The van der Waals surface area contributed by atoms with Gasteiger partial charge in [0.25, 0.3) is 5.91 Å². The molecule has 22 heavy (non-hydrogen) atoms. The van der Waals surface area contributed by atoms with Gasteiger partial charge in [-0.2, -0.15) is 0 Å². The first-order valence-corrected chi connectivity index (χ1v) is 7.33. The zero-order chi connectivity index (χ0) is 15.5. The summed E-state index contributed by atoms with van der Waals surface area (Å²) in [5, 5.41) is 10.3. The Kier molecular flexibility index (Phi) is 4.20. The van der Waals surface area contributed by atoms with Gasteiger partial charge in [-0.15, -0.1) is 0 Å². The molecular weight excluding hydrogens is 285 g/mol. The van der Waals surface area contributed by atoms with Gasteiger partial charge in [-0.1, -0.05) is 12.1 Å². The molecule has 2 N–H and O–H groups in total. The molecule has 2 aromatic rings. The third-order valence-corrected chi connectivity index (χ3v) is 4.12. The van der Waals surface area contributed by atoms with E-state index in [1.54, 1.807) is 11.0 Å². The van der Waals surface area contributed by atoms with Gasteiger partial charge in [0.2, 0.25) is 0 Å². The molecule has 2 heterocycles. The van der Waals surface area contributed by atoms with Crippen LogP contribution in [-0.4, -0.2) is 45.1 Å². The van der Waals surface area contributed by atoms with E-state index in [-0.39, 0.29) is 24.2 Å². The van der Waals surface area contributed by atoms with Crippen LogP contribution >= 0.6 is 0 Å². The van der Waals surface area contributed by atoms with Gasteiger partial charge in [0.15, 0.2) is 0 Å². The molecule has 1 aliphatic rings. The normalized spacial score (nSPS) is 21.8. The number of rotatable bonds is 3. The molecule has 1 aromatic heterocycles. The molecule has 0 spiro atoms. The number of nitrogens with zero attached hydrogens (tertiary/aromatic N) is 2. The van der Waals surface area contributed by atoms with Gasteiger partial charge in [-0.25, -0.2) is 9.37 Å². The number of likely N-dealkylation sites (tertiary alicyclic amines) is 1. The lowest BCUT2D eigenvalue weighted by atomic mass is 9.87. The third kappa shape index (κ3) is 3.17. The molecule has 3 rings (SSSR count). The molecule has 116 valence electrons. The average Bonchev–Trinajstić information content (AvgIpc) is 3.03. The van der Waals surface area contributed by atoms with E-state index >= 15 is 0 Å². The van der Waals surface area contributed by atoms with Gasteiger partial charge in [0.1, 0.15) is 11.5 Å². The standard InChI is InChI=1S/C16H18FN3O2/c17-13-3-1-2-11(7-13)6-12-4-5-20(9-15(12)21)16(22)14-8-18-10-19-14/h1-3,7-8,10,12,15,21H,4-6,9H2,(H,18,19)/t12-,15-/m1/s1. The summed E-state index contributed by atoms with van der Waals surface area (Å²) in [6.07, 6.45) is 3.64. The van der Waals surface area contributed by atoms with Gasteiger partial charge in [0.05, 0.1) is 18.6 Å². The Morgan fingerprint density at radius 3 is 3.05 bits per heavy atom. The molecule has 2 atom stereocenters. The lowest BCUT2D eigenvalue weighted by Crippen LogP contribution is -2.47. The monoisotopic (exact) mass is 303 g/mol. The van der Waals surface area contributed by atoms with Crippen LogP contribution < -0.4 is 0 Å². The zero-order valence-electron chi connectivity index (χ0n) is 12.1. The van der Waals surface area contributed by atoms with E-state index in [1.807, 2.05) is 6.07 Å². The fraction of sp³-hybridized carbons (Fsp3) is 0.375. The van der Waals surface area contributed by atoms with Crippen LogP contribution in [0, 0.1) is 11.7 Å². The molecule has 0 bridgehead atoms. The largest absolute Gasteiger partial charge is 0.391 e. The number of amides is 1. The Hall–Kier alpha value is -2.21. The molecule has 1 saturated heterocycles. The number of aromatic nitrogens is 2. The molecular formula is C16H18FN3O2. The Morgan fingerprint density at radius 1 is 1.50 bits per heavy atom. The second kappa shape index (κ2) is 6.27. The first kappa shape index (κ1) is 14.7. The number of H-pyrrole nitrogens is 1. The van der Waals surface area contributed by atoms with Crippen molar-refractivity contribution in [2.24, 2.45) is 5.92 Å². The first-order valence-electron chi connectivity index (χ1n) is 7.33. The smallest absolute Gasteiger partial charge is 0.272 e.